The van der Waals surface area contributed by atoms with E-state index < -0.39 is 12.0 Å². The largest absolute Gasteiger partial charge is 0.480 e. The third kappa shape index (κ3) is 7.21. The Morgan fingerprint density at radius 3 is 2.53 bits per heavy atom. The van der Waals surface area contributed by atoms with Crippen molar-refractivity contribution in [3.8, 4) is 0 Å². The average Bonchev–Trinajstić information content (AvgIpc) is 2.10. The predicted molar refractivity (Wildman–Crippen MR) is 60.8 cm³/mol. The minimum absolute atomic E-state index is 0.156. The first kappa shape index (κ1) is 14.2. The summed E-state index contributed by atoms with van der Waals surface area (Å²) in [6.07, 6.45) is 2.48. The summed E-state index contributed by atoms with van der Waals surface area (Å²) in [5, 5.41) is 11.3. The lowest BCUT2D eigenvalue weighted by Crippen LogP contribution is -2.42. The second-order valence-electron chi connectivity index (χ2n) is 3.42. The van der Waals surface area contributed by atoms with E-state index in [1.54, 1.807) is 18.7 Å². The molecule has 5 nitrogen and oxygen atoms in total. The van der Waals surface area contributed by atoms with E-state index in [9.17, 15) is 9.59 Å². The highest BCUT2D eigenvalue weighted by atomic mass is 32.2. The van der Waals surface area contributed by atoms with Crippen molar-refractivity contribution in [2.45, 2.75) is 31.8 Å². The lowest BCUT2D eigenvalue weighted by molar-refractivity contribution is -0.141. The van der Waals surface area contributed by atoms with Crippen LogP contribution in [-0.4, -0.2) is 41.1 Å². The number of nitrogens with two attached hydrogens (primary N) is 1. The fraction of sp³-hybridized carbons (Fsp3) is 0.778. The molecule has 15 heavy (non-hydrogen) atoms. The van der Waals surface area contributed by atoms with Crippen LogP contribution >= 0.6 is 11.8 Å². The van der Waals surface area contributed by atoms with Crippen LogP contribution in [0.25, 0.3) is 0 Å². The van der Waals surface area contributed by atoms with Crippen LogP contribution in [0.3, 0.4) is 0 Å². The molecule has 0 aromatic rings. The van der Waals surface area contributed by atoms with E-state index in [1.807, 2.05) is 6.26 Å². The number of aliphatic carboxylic acids is 1. The lowest BCUT2D eigenvalue weighted by atomic mass is 10.2. The van der Waals surface area contributed by atoms with Crippen LogP contribution in [0.2, 0.25) is 0 Å². The summed E-state index contributed by atoms with van der Waals surface area (Å²) in [6.45, 7) is 1.71. The third-order valence-electron chi connectivity index (χ3n) is 1.75. The Bertz CT molecular complexity index is 221. The zero-order chi connectivity index (χ0) is 11.8. The van der Waals surface area contributed by atoms with Crippen molar-refractivity contribution in [2.75, 3.05) is 12.0 Å². The summed E-state index contributed by atoms with van der Waals surface area (Å²) in [5.41, 5.74) is 5.43. The molecule has 6 heteroatoms. The van der Waals surface area contributed by atoms with Gasteiger partial charge in [-0.05, 0) is 25.4 Å². The molecule has 0 rings (SSSR count). The van der Waals surface area contributed by atoms with Crippen molar-refractivity contribution >= 4 is 23.6 Å². The van der Waals surface area contributed by atoms with Crippen molar-refractivity contribution < 1.29 is 14.7 Å². The molecule has 1 unspecified atom stereocenters. The van der Waals surface area contributed by atoms with Crippen LogP contribution in [0.5, 0.6) is 0 Å². The Hall–Kier alpha value is -0.750. The maximum Gasteiger partial charge on any atom is 0.326 e. The molecular formula is C9H18N2O3S. The first-order chi connectivity index (χ1) is 6.97. The number of carbonyl (C=O) groups excluding carboxylic acids is 1. The van der Waals surface area contributed by atoms with Gasteiger partial charge in [0.15, 0.2) is 0 Å². The first-order valence-corrected chi connectivity index (χ1v) is 6.13. The third-order valence-corrected chi connectivity index (χ3v) is 2.40. The van der Waals surface area contributed by atoms with E-state index in [2.05, 4.69) is 5.32 Å². The number of nitrogens with one attached hydrogen (secondary N) is 1. The molecule has 0 saturated heterocycles. The molecule has 0 aromatic carbocycles. The lowest BCUT2D eigenvalue weighted by Gasteiger charge is -2.14. The van der Waals surface area contributed by atoms with Gasteiger partial charge >= 0.3 is 5.97 Å². The second kappa shape index (κ2) is 7.53. The van der Waals surface area contributed by atoms with Gasteiger partial charge in [-0.2, -0.15) is 11.8 Å². The van der Waals surface area contributed by atoms with Crippen molar-refractivity contribution in [3.05, 3.63) is 0 Å². The normalized spacial score (nSPS) is 14.3. The van der Waals surface area contributed by atoms with Gasteiger partial charge in [-0.3, -0.25) is 4.79 Å². The van der Waals surface area contributed by atoms with Crippen LogP contribution in [0.1, 0.15) is 19.8 Å². The smallest absolute Gasteiger partial charge is 0.326 e. The van der Waals surface area contributed by atoms with Gasteiger partial charge in [0.2, 0.25) is 5.91 Å². The zero-order valence-corrected chi connectivity index (χ0v) is 9.84. The molecule has 0 aliphatic carbocycles. The average molecular weight is 234 g/mol. The highest BCUT2D eigenvalue weighted by molar-refractivity contribution is 7.98. The van der Waals surface area contributed by atoms with Gasteiger partial charge in [0.1, 0.15) is 6.04 Å². The van der Waals surface area contributed by atoms with Gasteiger partial charge < -0.3 is 16.2 Å². The van der Waals surface area contributed by atoms with Gasteiger partial charge in [0, 0.05) is 12.5 Å². The number of hydrogen-bond donors (Lipinski definition) is 3. The fourth-order valence-corrected chi connectivity index (χ4v) is 1.51. The number of amides is 1. The molecule has 1 amide bonds. The summed E-state index contributed by atoms with van der Waals surface area (Å²) in [7, 11) is 0. The molecule has 0 heterocycles. The number of thioether (sulfide) groups is 1. The molecule has 4 N–H and O–H groups in total. The molecule has 0 aromatic heterocycles. The minimum atomic E-state index is -0.998. The minimum Gasteiger partial charge on any atom is -0.480 e. The van der Waals surface area contributed by atoms with Crippen molar-refractivity contribution in [3.63, 3.8) is 0 Å². The van der Waals surface area contributed by atoms with E-state index in [0.29, 0.717) is 12.2 Å². The van der Waals surface area contributed by atoms with Crippen molar-refractivity contribution in [2.24, 2.45) is 5.73 Å². The zero-order valence-electron chi connectivity index (χ0n) is 9.03. The van der Waals surface area contributed by atoms with Gasteiger partial charge in [-0.1, -0.05) is 0 Å². The maximum absolute atomic E-state index is 11.3. The molecule has 0 spiro atoms. The van der Waals surface area contributed by atoms with Crippen LogP contribution < -0.4 is 11.1 Å². The highest BCUT2D eigenvalue weighted by Crippen LogP contribution is 2.01. The van der Waals surface area contributed by atoms with E-state index in [0.717, 1.165) is 0 Å². The van der Waals surface area contributed by atoms with Crippen LogP contribution in [-0.2, 0) is 9.59 Å². The summed E-state index contributed by atoms with van der Waals surface area (Å²) in [6, 6.07) is -1.05. The van der Waals surface area contributed by atoms with E-state index in [-0.39, 0.29) is 18.4 Å². The van der Waals surface area contributed by atoms with E-state index in [1.165, 1.54) is 0 Å². The van der Waals surface area contributed by atoms with Crippen LogP contribution in [0.4, 0.5) is 0 Å². The number of rotatable bonds is 7. The highest BCUT2D eigenvalue weighted by Gasteiger charge is 2.19. The monoisotopic (exact) mass is 234 g/mol. The van der Waals surface area contributed by atoms with Crippen molar-refractivity contribution in [1.82, 2.24) is 5.32 Å². The van der Waals surface area contributed by atoms with Crippen LogP contribution in [0, 0.1) is 0 Å². The maximum atomic E-state index is 11.3. The van der Waals surface area contributed by atoms with Crippen LogP contribution in [0.15, 0.2) is 0 Å². The number of carboxylic acid groups (broad SMARTS) is 1. The fourth-order valence-electron chi connectivity index (χ4n) is 1.04. The Morgan fingerprint density at radius 2 is 2.13 bits per heavy atom. The SMILES string of the molecule is CSCC[C@H](NC(=O)CC(C)N)C(=O)O. The molecule has 0 fully saturated rings. The summed E-state index contributed by atoms with van der Waals surface area (Å²) in [4.78, 5) is 22.0. The predicted octanol–water partition coefficient (Wildman–Crippen LogP) is 0.0462. The Balaban J connectivity index is 4.04. The molecular weight excluding hydrogens is 216 g/mol. The van der Waals surface area contributed by atoms with Gasteiger partial charge in [0.05, 0.1) is 0 Å². The second-order valence-corrected chi connectivity index (χ2v) is 4.41. The van der Waals surface area contributed by atoms with Gasteiger partial charge in [0.25, 0.3) is 0 Å². The van der Waals surface area contributed by atoms with E-state index in [4.69, 9.17) is 10.8 Å². The Labute approximate surface area is 93.8 Å². The standard InChI is InChI=1S/C9H18N2O3S/c1-6(10)5-8(12)11-7(9(13)14)3-4-15-2/h6-7H,3-5,10H2,1-2H3,(H,11,12)(H,13,14)/t6?,7-/m0/s1. The first-order valence-electron chi connectivity index (χ1n) is 4.74. The summed E-state index contributed by atoms with van der Waals surface area (Å²) >= 11 is 1.55. The molecule has 0 aliphatic heterocycles. The molecule has 0 bridgehead atoms. The quantitative estimate of drug-likeness (QED) is 0.578. The number of carbonyl (C=O) groups is 2. The Morgan fingerprint density at radius 1 is 1.53 bits per heavy atom. The molecule has 88 valence electrons. The van der Waals surface area contributed by atoms with Gasteiger partial charge in [-0.15, -0.1) is 0 Å². The number of hydrogen-bond acceptors (Lipinski definition) is 4. The topological polar surface area (TPSA) is 92.4 Å². The van der Waals surface area contributed by atoms with E-state index >= 15 is 0 Å². The molecule has 0 aliphatic rings. The molecule has 0 saturated carbocycles. The Kier molecular flexibility index (Phi) is 7.15. The molecule has 0 radical (unpaired) electrons. The van der Waals surface area contributed by atoms with Crippen molar-refractivity contribution in [1.29, 1.82) is 0 Å². The van der Waals surface area contributed by atoms with Gasteiger partial charge in [-0.25, -0.2) is 4.79 Å². The summed E-state index contributed by atoms with van der Waals surface area (Å²) < 4.78 is 0. The summed E-state index contributed by atoms with van der Waals surface area (Å²) in [5.74, 6) is -0.601. The molecule has 2 atom stereocenters. The number of carboxylic acids is 1.